The molecular weight excluding hydrogens is 251 g/mol. The smallest absolute Gasteiger partial charge is 0.0320 e. The zero-order chi connectivity index (χ0) is 13.7. The van der Waals surface area contributed by atoms with E-state index < -0.39 is 0 Å². The van der Waals surface area contributed by atoms with Crippen molar-refractivity contribution in [1.82, 2.24) is 9.99 Å². The van der Waals surface area contributed by atoms with Crippen LogP contribution in [0, 0.1) is 5.92 Å². The molecule has 0 radical (unpaired) electrons. The Morgan fingerprint density at radius 2 is 2.00 bits per heavy atom. The standard InChI is InChI=1S/C16H25N2P/c1-13-12-18(11-10-16(13)17-19)14(2)15-8-6-4-3-5-7-9-15/h3-9,13-14,16-17H,10-12,19H2,1-2H3/b4-3-,5-3?,6-4?,7-5-,8-6-,9-7?,15-8?,15-9+. The highest BCUT2D eigenvalue weighted by Gasteiger charge is 2.28. The summed E-state index contributed by atoms with van der Waals surface area (Å²) in [7, 11) is 2.67. The van der Waals surface area contributed by atoms with Gasteiger partial charge in [0.25, 0.3) is 0 Å². The molecule has 0 saturated carbocycles. The van der Waals surface area contributed by atoms with Gasteiger partial charge >= 0.3 is 0 Å². The van der Waals surface area contributed by atoms with E-state index in [4.69, 9.17) is 0 Å². The molecule has 3 heteroatoms. The van der Waals surface area contributed by atoms with Crippen LogP contribution in [0.2, 0.25) is 0 Å². The minimum atomic E-state index is 0.486. The highest BCUT2D eigenvalue weighted by atomic mass is 31.0. The lowest BCUT2D eigenvalue weighted by Crippen LogP contribution is -2.49. The molecule has 4 unspecified atom stereocenters. The third kappa shape index (κ3) is 3.89. The van der Waals surface area contributed by atoms with Gasteiger partial charge in [-0.1, -0.05) is 58.8 Å². The van der Waals surface area contributed by atoms with Crippen LogP contribution in [-0.2, 0) is 0 Å². The number of nitrogens with zero attached hydrogens (tertiary/aromatic N) is 1. The summed E-state index contributed by atoms with van der Waals surface area (Å²) in [5.74, 6) is 0.697. The molecule has 1 N–H and O–H groups in total. The maximum atomic E-state index is 3.35. The second-order valence-corrected chi connectivity index (χ2v) is 5.84. The third-order valence-electron chi connectivity index (χ3n) is 4.20. The van der Waals surface area contributed by atoms with Crippen molar-refractivity contribution in [3.8, 4) is 0 Å². The van der Waals surface area contributed by atoms with E-state index in [1.807, 2.05) is 0 Å². The molecule has 0 amide bonds. The molecule has 1 saturated heterocycles. The SMILES string of the molecule is CC1CN(C(C)C2=C/C=C\C=C/C=C\2)CCC1NP. The first-order valence-corrected chi connectivity index (χ1v) is 7.72. The molecule has 2 aliphatic rings. The Hall–Kier alpha value is -0.690. The van der Waals surface area contributed by atoms with Gasteiger partial charge in [0, 0.05) is 25.2 Å². The molecule has 1 aliphatic heterocycles. The van der Waals surface area contributed by atoms with Gasteiger partial charge in [-0.25, -0.2) is 0 Å². The predicted octanol–water partition coefficient (Wildman–Crippen LogP) is 3.07. The van der Waals surface area contributed by atoms with Gasteiger partial charge in [-0.05, 0) is 24.8 Å². The molecule has 1 heterocycles. The van der Waals surface area contributed by atoms with Gasteiger partial charge in [-0.2, -0.15) is 0 Å². The Kier molecular flexibility index (Phi) is 5.57. The number of hydrogen-bond donors (Lipinski definition) is 1. The molecule has 0 spiro atoms. The lowest BCUT2D eigenvalue weighted by atomic mass is 9.92. The van der Waals surface area contributed by atoms with Crippen LogP contribution in [0.4, 0.5) is 0 Å². The van der Waals surface area contributed by atoms with Crippen molar-refractivity contribution < 1.29 is 0 Å². The van der Waals surface area contributed by atoms with Crippen LogP contribution in [0.5, 0.6) is 0 Å². The summed E-state index contributed by atoms with van der Waals surface area (Å²) >= 11 is 0. The van der Waals surface area contributed by atoms with E-state index in [0.717, 1.165) is 6.54 Å². The van der Waals surface area contributed by atoms with Crippen molar-refractivity contribution in [1.29, 1.82) is 0 Å². The van der Waals surface area contributed by atoms with E-state index in [0.29, 0.717) is 18.0 Å². The quantitative estimate of drug-likeness (QED) is 0.797. The van der Waals surface area contributed by atoms with Gasteiger partial charge in [-0.15, -0.1) is 0 Å². The highest BCUT2D eigenvalue weighted by molar-refractivity contribution is 7.13. The summed E-state index contributed by atoms with van der Waals surface area (Å²) < 4.78 is 0. The Morgan fingerprint density at radius 1 is 1.26 bits per heavy atom. The molecule has 2 nitrogen and oxygen atoms in total. The predicted molar refractivity (Wildman–Crippen MR) is 87.0 cm³/mol. The van der Waals surface area contributed by atoms with Crippen LogP contribution >= 0.6 is 9.39 Å². The fraction of sp³-hybridized carbons (Fsp3) is 0.500. The van der Waals surface area contributed by atoms with Crippen molar-refractivity contribution in [3.05, 3.63) is 48.1 Å². The number of nitrogens with one attached hydrogen (secondary N) is 1. The molecule has 0 aromatic heterocycles. The first-order valence-electron chi connectivity index (χ1n) is 7.14. The number of rotatable bonds is 3. The number of likely N-dealkylation sites (tertiary alicyclic amines) is 1. The van der Waals surface area contributed by atoms with Crippen molar-refractivity contribution in [3.63, 3.8) is 0 Å². The van der Waals surface area contributed by atoms with Gasteiger partial charge in [0.2, 0.25) is 0 Å². The average molecular weight is 276 g/mol. The number of hydrogen-bond acceptors (Lipinski definition) is 2. The minimum absolute atomic E-state index is 0.486. The molecule has 1 aliphatic carbocycles. The monoisotopic (exact) mass is 276 g/mol. The van der Waals surface area contributed by atoms with Gasteiger partial charge in [0.15, 0.2) is 0 Å². The molecule has 4 atom stereocenters. The summed E-state index contributed by atoms with van der Waals surface area (Å²) in [6.45, 7) is 6.99. The molecule has 0 aromatic rings. The first-order chi connectivity index (χ1) is 9.22. The van der Waals surface area contributed by atoms with Crippen molar-refractivity contribution in [2.75, 3.05) is 13.1 Å². The van der Waals surface area contributed by atoms with E-state index in [9.17, 15) is 0 Å². The number of piperidine rings is 1. The molecule has 0 aromatic carbocycles. The van der Waals surface area contributed by atoms with Gasteiger partial charge < -0.3 is 0 Å². The summed E-state index contributed by atoms with van der Waals surface area (Å²) in [6, 6.07) is 1.12. The maximum Gasteiger partial charge on any atom is 0.0320 e. The second-order valence-electron chi connectivity index (χ2n) is 5.51. The fourth-order valence-electron chi connectivity index (χ4n) is 2.85. The van der Waals surface area contributed by atoms with Crippen LogP contribution in [-0.4, -0.2) is 30.1 Å². The molecule has 2 rings (SSSR count). The summed E-state index contributed by atoms with van der Waals surface area (Å²) in [6.07, 6.45) is 16.2. The van der Waals surface area contributed by atoms with Gasteiger partial charge in [0.1, 0.15) is 0 Å². The fourth-order valence-corrected chi connectivity index (χ4v) is 3.34. The van der Waals surface area contributed by atoms with Crippen molar-refractivity contribution in [2.45, 2.75) is 32.4 Å². The zero-order valence-electron chi connectivity index (χ0n) is 11.9. The van der Waals surface area contributed by atoms with E-state index in [1.54, 1.807) is 0 Å². The van der Waals surface area contributed by atoms with Crippen LogP contribution < -0.4 is 5.09 Å². The van der Waals surface area contributed by atoms with E-state index in [-0.39, 0.29) is 0 Å². The Bertz CT molecular complexity index is 409. The largest absolute Gasteiger partial charge is 0.297 e. The van der Waals surface area contributed by atoms with E-state index in [2.05, 4.69) is 75.8 Å². The van der Waals surface area contributed by atoms with Gasteiger partial charge in [-0.3, -0.25) is 9.99 Å². The average Bonchev–Trinajstić information content (AvgIpc) is 2.37. The summed E-state index contributed by atoms with van der Waals surface area (Å²) in [5.41, 5.74) is 1.39. The van der Waals surface area contributed by atoms with Crippen molar-refractivity contribution >= 4 is 9.39 Å². The van der Waals surface area contributed by atoms with Crippen LogP contribution in [0.25, 0.3) is 0 Å². The van der Waals surface area contributed by atoms with Crippen LogP contribution in [0.1, 0.15) is 20.3 Å². The topological polar surface area (TPSA) is 15.3 Å². The minimum Gasteiger partial charge on any atom is -0.297 e. The van der Waals surface area contributed by atoms with E-state index in [1.165, 1.54) is 18.5 Å². The molecule has 104 valence electrons. The molecular formula is C16H25N2P. The van der Waals surface area contributed by atoms with Gasteiger partial charge in [0.05, 0.1) is 0 Å². The molecule has 19 heavy (non-hydrogen) atoms. The Morgan fingerprint density at radius 3 is 2.74 bits per heavy atom. The summed E-state index contributed by atoms with van der Waals surface area (Å²) in [4.78, 5) is 2.60. The first kappa shape index (κ1) is 14.7. The van der Waals surface area contributed by atoms with E-state index >= 15 is 0 Å². The van der Waals surface area contributed by atoms with Crippen LogP contribution in [0.3, 0.4) is 0 Å². The normalized spacial score (nSPS) is 37.5. The third-order valence-corrected chi connectivity index (χ3v) is 4.63. The Labute approximate surface area is 119 Å². The second kappa shape index (κ2) is 7.19. The Balaban J connectivity index is 2.02. The maximum absolute atomic E-state index is 3.35. The highest BCUT2D eigenvalue weighted by Crippen LogP contribution is 2.23. The van der Waals surface area contributed by atoms with Crippen molar-refractivity contribution in [2.24, 2.45) is 5.92 Å². The molecule has 1 fully saturated rings. The number of allylic oxidation sites excluding steroid dienone is 6. The van der Waals surface area contributed by atoms with Crippen LogP contribution in [0.15, 0.2) is 48.1 Å². The molecule has 0 bridgehead atoms. The zero-order valence-corrected chi connectivity index (χ0v) is 13.1. The lowest BCUT2D eigenvalue weighted by molar-refractivity contribution is 0.136. The lowest BCUT2D eigenvalue weighted by Gasteiger charge is -2.40. The summed E-state index contributed by atoms with van der Waals surface area (Å²) in [5, 5.41) is 3.35.